The minimum atomic E-state index is -0.223. The van der Waals surface area contributed by atoms with Gasteiger partial charge in [-0.3, -0.25) is 9.69 Å². The summed E-state index contributed by atoms with van der Waals surface area (Å²) in [6.07, 6.45) is 2.42. The van der Waals surface area contributed by atoms with Crippen molar-refractivity contribution in [3.8, 4) is 5.75 Å². The average molecular weight is 453 g/mol. The average Bonchev–Trinajstić information content (AvgIpc) is 3.54. The molecule has 0 saturated carbocycles. The van der Waals surface area contributed by atoms with Gasteiger partial charge in [-0.1, -0.05) is 19.1 Å². The minimum Gasteiger partial charge on any atom is -0.494 e. The number of furan rings is 1. The Morgan fingerprint density at radius 1 is 1.12 bits per heavy atom. The van der Waals surface area contributed by atoms with Crippen molar-refractivity contribution in [2.45, 2.75) is 45.7 Å². The molecule has 0 aliphatic carbocycles. The van der Waals surface area contributed by atoms with Crippen LogP contribution >= 0.6 is 0 Å². The normalized spacial score (nSPS) is 16.1. The fraction of sp³-hybridized carbons (Fsp3) is 0.500. The Hall–Kier alpha value is -3.20. The van der Waals surface area contributed by atoms with Gasteiger partial charge in [0.05, 0.1) is 24.5 Å². The molecule has 4 rings (SSSR count). The Kier molecular flexibility index (Phi) is 6.78. The van der Waals surface area contributed by atoms with E-state index in [2.05, 4.69) is 53.3 Å². The number of benzene rings is 1. The SMILES string of the molecule is CCOc1ccc(C(c2nnnn2C(C)(C)CC)N2CCN(C(=O)c3ccco3)CC2)cc1. The largest absolute Gasteiger partial charge is 0.494 e. The molecule has 3 heterocycles. The van der Waals surface area contributed by atoms with E-state index in [9.17, 15) is 4.79 Å². The second-order valence-electron chi connectivity index (χ2n) is 8.82. The molecule has 1 aliphatic rings. The number of ether oxygens (including phenoxy) is 1. The standard InChI is InChI=1S/C24H32N6O3/c1-5-24(3,4)30-22(25-26-27-30)21(18-9-11-19(12-10-18)32-6-2)28-13-15-29(16-14-28)23(31)20-8-7-17-33-20/h7-12,17,21H,5-6,13-16H2,1-4H3. The number of carbonyl (C=O) groups is 1. The van der Waals surface area contributed by atoms with E-state index < -0.39 is 0 Å². The molecule has 1 aliphatic heterocycles. The van der Waals surface area contributed by atoms with Crippen molar-refractivity contribution in [3.05, 3.63) is 59.8 Å². The monoisotopic (exact) mass is 452 g/mol. The predicted octanol–water partition coefficient (Wildman–Crippen LogP) is 3.36. The molecule has 0 N–H and O–H groups in total. The van der Waals surface area contributed by atoms with Crippen LogP contribution in [0, 0.1) is 0 Å². The van der Waals surface area contributed by atoms with Crippen LogP contribution < -0.4 is 4.74 Å². The molecular formula is C24H32N6O3. The van der Waals surface area contributed by atoms with Crippen molar-refractivity contribution in [3.63, 3.8) is 0 Å². The number of hydrogen-bond donors (Lipinski definition) is 0. The van der Waals surface area contributed by atoms with Gasteiger partial charge in [0.25, 0.3) is 5.91 Å². The fourth-order valence-electron chi connectivity index (χ4n) is 4.12. The molecule has 176 valence electrons. The second kappa shape index (κ2) is 9.74. The maximum absolute atomic E-state index is 12.7. The zero-order valence-corrected chi connectivity index (χ0v) is 19.8. The number of tetrazole rings is 1. The third kappa shape index (κ3) is 4.78. The summed E-state index contributed by atoms with van der Waals surface area (Å²) in [5.41, 5.74) is 0.867. The number of carbonyl (C=O) groups excluding carboxylic acids is 1. The Bertz CT molecular complexity index is 1040. The first-order valence-electron chi connectivity index (χ1n) is 11.5. The highest BCUT2D eigenvalue weighted by Crippen LogP contribution is 2.32. The number of amides is 1. The molecule has 2 aromatic heterocycles. The molecule has 0 spiro atoms. The molecule has 1 saturated heterocycles. The van der Waals surface area contributed by atoms with E-state index >= 15 is 0 Å². The zero-order valence-electron chi connectivity index (χ0n) is 19.8. The molecule has 1 amide bonds. The smallest absolute Gasteiger partial charge is 0.289 e. The third-order valence-electron chi connectivity index (χ3n) is 6.38. The van der Waals surface area contributed by atoms with Crippen LogP contribution in [0.4, 0.5) is 0 Å². The second-order valence-corrected chi connectivity index (χ2v) is 8.82. The molecule has 1 unspecified atom stereocenters. The Balaban J connectivity index is 1.62. The fourth-order valence-corrected chi connectivity index (χ4v) is 4.12. The number of rotatable bonds is 8. The molecular weight excluding hydrogens is 420 g/mol. The van der Waals surface area contributed by atoms with Crippen molar-refractivity contribution in [1.29, 1.82) is 0 Å². The van der Waals surface area contributed by atoms with Gasteiger partial charge in [0, 0.05) is 26.2 Å². The molecule has 1 atom stereocenters. The van der Waals surface area contributed by atoms with E-state index in [1.54, 1.807) is 12.1 Å². The summed E-state index contributed by atoms with van der Waals surface area (Å²) >= 11 is 0. The van der Waals surface area contributed by atoms with Crippen LogP contribution in [0.25, 0.3) is 0 Å². The van der Waals surface area contributed by atoms with Crippen molar-refractivity contribution in [1.82, 2.24) is 30.0 Å². The lowest BCUT2D eigenvalue weighted by Gasteiger charge is -2.39. The van der Waals surface area contributed by atoms with Crippen molar-refractivity contribution >= 4 is 5.91 Å². The van der Waals surface area contributed by atoms with Gasteiger partial charge >= 0.3 is 0 Å². The van der Waals surface area contributed by atoms with Crippen molar-refractivity contribution in [2.24, 2.45) is 0 Å². The summed E-state index contributed by atoms with van der Waals surface area (Å²) in [6, 6.07) is 11.4. The zero-order chi connectivity index (χ0) is 23.4. The molecule has 9 nitrogen and oxygen atoms in total. The van der Waals surface area contributed by atoms with Crippen LogP contribution in [0.3, 0.4) is 0 Å². The summed E-state index contributed by atoms with van der Waals surface area (Å²) in [4.78, 5) is 16.9. The highest BCUT2D eigenvalue weighted by Gasteiger charge is 2.35. The maximum Gasteiger partial charge on any atom is 0.289 e. The summed E-state index contributed by atoms with van der Waals surface area (Å²) < 4.78 is 12.9. The van der Waals surface area contributed by atoms with E-state index in [-0.39, 0.29) is 17.5 Å². The van der Waals surface area contributed by atoms with Gasteiger partial charge < -0.3 is 14.1 Å². The van der Waals surface area contributed by atoms with E-state index in [1.807, 2.05) is 28.6 Å². The molecule has 33 heavy (non-hydrogen) atoms. The first-order valence-corrected chi connectivity index (χ1v) is 11.5. The van der Waals surface area contributed by atoms with Gasteiger partial charge in [-0.2, -0.15) is 0 Å². The first-order chi connectivity index (χ1) is 15.9. The highest BCUT2D eigenvalue weighted by atomic mass is 16.5. The molecule has 1 fully saturated rings. The summed E-state index contributed by atoms with van der Waals surface area (Å²) in [7, 11) is 0. The van der Waals surface area contributed by atoms with E-state index in [0.29, 0.717) is 38.5 Å². The van der Waals surface area contributed by atoms with Crippen molar-refractivity contribution in [2.75, 3.05) is 32.8 Å². The number of aromatic nitrogens is 4. The van der Waals surface area contributed by atoms with Gasteiger partial charge in [0.1, 0.15) is 5.75 Å². The third-order valence-corrected chi connectivity index (χ3v) is 6.38. The van der Waals surface area contributed by atoms with Crippen LogP contribution in [0.1, 0.15) is 62.1 Å². The first kappa shape index (κ1) is 23.0. The van der Waals surface area contributed by atoms with Gasteiger partial charge in [0.2, 0.25) is 0 Å². The van der Waals surface area contributed by atoms with E-state index in [1.165, 1.54) is 6.26 Å². The van der Waals surface area contributed by atoms with Gasteiger partial charge in [-0.05, 0) is 67.4 Å². The Labute approximate surface area is 194 Å². The van der Waals surface area contributed by atoms with Crippen LogP contribution in [0.2, 0.25) is 0 Å². The Morgan fingerprint density at radius 3 is 2.45 bits per heavy atom. The predicted molar refractivity (Wildman–Crippen MR) is 123 cm³/mol. The molecule has 0 bridgehead atoms. The van der Waals surface area contributed by atoms with Crippen LogP contribution in [0.15, 0.2) is 47.1 Å². The van der Waals surface area contributed by atoms with Crippen LogP contribution in [-0.4, -0.2) is 68.7 Å². The van der Waals surface area contributed by atoms with Crippen molar-refractivity contribution < 1.29 is 13.9 Å². The number of hydrogen-bond acceptors (Lipinski definition) is 7. The maximum atomic E-state index is 12.7. The molecule has 3 aromatic rings. The topological polar surface area (TPSA) is 89.5 Å². The van der Waals surface area contributed by atoms with E-state index in [4.69, 9.17) is 9.15 Å². The number of piperazine rings is 1. The number of nitrogens with zero attached hydrogens (tertiary/aromatic N) is 6. The molecule has 1 aromatic carbocycles. The molecule has 9 heteroatoms. The highest BCUT2D eigenvalue weighted by molar-refractivity contribution is 5.91. The van der Waals surface area contributed by atoms with Gasteiger partial charge in [0.15, 0.2) is 11.6 Å². The van der Waals surface area contributed by atoms with Crippen LogP contribution in [0.5, 0.6) is 5.75 Å². The summed E-state index contributed by atoms with van der Waals surface area (Å²) in [5.74, 6) is 1.94. The summed E-state index contributed by atoms with van der Waals surface area (Å²) in [6.45, 7) is 11.6. The van der Waals surface area contributed by atoms with Gasteiger partial charge in [-0.25, -0.2) is 4.68 Å². The lowest BCUT2D eigenvalue weighted by Crippen LogP contribution is -2.50. The lowest BCUT2D eigenvalue weighted by atomic mass is 9.99. The lowest BCUT2D eigenvalue weighted by molar-refractivity contribution is 0.0555. The van der Waals surface area contributed by atoms with Gasteiger partial charge in [-0.15, -0.1) is 5.10 Å². The summed E-state index contributed by atoms with van der Waals surface area (Å²) in [5, 5.41) is 12.9. The van der Waals surface area contributed by atoms with Crippen LogP contribution in [-0.2, 0) is 5.54 Å². The molecule has 0 radical (unpaired) electrons. The quantitative estimate of drug-likeness (QED) is 0.518. The Morgan fingerprint density at radius 2 is 1.85 bits per heavy atom. The minimum absolute atomic E-state index is 0.0748. The van der Waals surface area contributed by atoms with E-state index in [0.717, 1.165) is 23.6 Å².